The molecule has 1 aliphatic rings. The summed E-state index contributed by atoms with van der Waals surface area (Å²) >= 11 is 0. The largest absolute Gasteiger partial charge is 0.382 e. The molecule has 0 saturated carbocycles. The number of benzene rings is 1. The van der Waals surface area contributed by atoms with Crippen molar-refractivity contribution in [3.8, 4) is 0 Å². The van der Waals surface area contributed by atoms with E-state index in [4.69, 9.17) is 9.47 Å². The number of methoxy groups -OCH3 is 1. The van der Waals surface area contributed by atoms with Crippen LogP contribution in [0.3, 0.4) is 0 Å². The van der Waals surface area contributed by atoms with E-state index in [1.165, 1.54) is 0 Å². The zero-order chi connectivity index (χ0) is 17.3. The summed E-state index contributed by atoms with van der Waals surface area (Å²) in [5.74, 6) is -0.00354. The lowest BCUT2D eigenvalue weighted by Crippen LogP contribution is -2.55. The number of rotatable bonds is 3. The Morgan fingerprint density at radius 1 is 1.38 bits per heavy atom. The molecule has 0 N–H and O–H groups in total. The number of nitrogens with zero attached hydrogens (tertiary/aromatic N) is 2. The summed E-state index contributed by atoms with van der Waals surface area (Å²) in [4.78, 5) is 19.6. The number of carbonyl (C=O) groups excluding carboxylic acids is 1. The van der Waals surface area contributed by atoms with E-state index in [0.29, 0.717) is 25.3 Å². The lowest BCUT2D eigenvalue weighted by molar-refractivity contribution is -0.143. The Morgan fingerprint density at radius 2 is 2.17 bits per heavy atom. The van der Waals surface area contributed by atoms with E-state index < -0.39 is 5.60 Å². The molecule has 0 spiro atoms. The second kappa shape index (κ2) is 6.49. The Kier molecular flexibility index (Phi) is 4.56. The van der Waals surface area contributed by atoms with Gasteiger partial charge < -0.3 is 14.4 Å². The van der Waals surface area contributed by atoms with Crippen LogP contribution in [-0.4, -0.2) is 54.3 Å². The van der Waals surface area contributed by atoms with Crippen molar-refractivity contribution in [2.45, 2.75) is 32.5 Å². The number of fused-ring (bicyclic) bond motifs is 1. The minimum Gasteiger partial charge on any atom is -0.382 e. The topological polar surface area (TPSA) is 51.7 Å². The average molecular weight is 328 g/mol. The Morgan fingerprint density at radius 3 is 2.92 bits per heavy atom. The van der Waals surface area contributed by atoms with E-state index in [2.05, 4.69) is 4.98 Å². The standard InChI is InChI=1S/C19H24N2O3/c1-13-8-9-14-6-5-7-16(17(14)20-13)18(22)21-10-15(11-23-4)24-19(2,3)12-21/h5-9,15H,10-12H2,1-4H3. The van der Waals surface area contributed by atoms with Crippen LogP contribution < -0.4 is 0 Å². The van der Waals surface area contributed by atoms with E-state index in [9.17, 15) is 4.79 Å². The normalized spacial score (nSPS) is 20.3. The van der Waals surface area contributed by atoms with E-state index in [-0.39, 0.29) is 12.0 Å². The second-order valence-corrected chi connectivity index (χ2v) is 6.97. The Bertz CT molecular complexity index is 757. The number of morpholine rings is 1. The molecule has 0 aliphatic carbocycles. The summed E-state index contributed by atoms with van der Waals surface area (Å²) in [6.07, 6.45) is -0.118. The zero-order valence-corrected chi connectivity index (χ0v) is 14.7. The summed E-state index contributed by atoms with van der Waals surface area (Å²) in [6, 6.07) is 9.71. The second-order valence-electron chi connectivity index (χ2n) is 6.97. The van der Waals surface area contributed by atoms with E-state index in [0.717, 1.165) is 16.6 Å². The Labute approximate surface area is 142 Å². The highest BCUT2D eigenvalue weighted by Gasteiger charge is 2.36. The van der Waals surface area contributed by atoms with Crippen LogP contribution >= 0.6 is 0 Å². The molecule has 1 saturated heterocycles. The number of amides is 1. The molecule has 1 unspecified atom stereocenters. The molecule has 0 bridgehead atoms. The van der Waals surface area contributed by atoms with Crippen molar-refractivity contribution >= 4 is 16.8 Å². The van der Waals surface area contributed by atoms with Gasteiger partial charge in [0.25, 0.3) is 5.91 Å². The molecule has 2 heterocycles. The van der Waals surface area contributed by atoms with Gasteiger partial charge in [0.05, 0.1) is 29.4 Å². The van der Waals surface area contributed by atoms with Gasteiger partial charge in [-0.2, -0.15) is 0 Å². The first-order valence-corrected chi connectivity index (χ1v) is 8.22. The van der Waals surface area contributed by atoms with Crippen LogP contribution in [0.2, 0.25) is 0 Å². The summed E-state index contributed by atoms with van der Waals surface area (Å²) in [7, 11) is 1.65. The fourth-order valence-electron chi connectivity index (χ4n) is 3.31. The zero-order valence-electron chi connectivity index (χ0n) is 14.7. The van der Waals surface area contributed by atoms with Crippen LogP contribution in [0.5, 0.6) is 0 Å². The van der Waals surface area contributed by atoms with Gasteiger partial charge in [0.1, 0.15) is 0 Å². The van der Waals surface area contributed by atoms with Crippen LogP contribution in [-0.2, 0) is 9.47 Å². The van der Waals surface area contributed by atoms with Crippen molar-refractivity contribution < 1.29 is 14.3 Å². The van der Waals surface area contributed by atoms with Crippen LogP contribution in [0.15, 0.2) is 30.3 Å². The van der Waals surface area contributed by atoms with Gasteiger partial charge in [0, 0.05) is 31.3 Å². The molecule has 1 aromatic carbocycles. The minimum atomic E-state index is -0.398. The fraction of sp³-hybridized carbons (Fsp3) is 0.474. The van der Waals surface area contributed by atoms with Gasteiger partial charge in [-0.3, -0.25) is 9.78 Å². The number of hydrogen-bond acceptors (Lipinski definition) is 4. The van der Waals surface area contributed by atoms with Gasteiger partial charge in [0.15, 0.2) is 0 Å². The molecule has 1 aliphatic heterocycles. The third kappa shape index (κ3) is 3.42. The lowest BCUT2D eigenvalue weighted by atomic mass is 10.0. The van der Waals surface area contributed by atoms with Gasteiger partial charge in [-0.15, -0.1) is 0 Å². The Balaban J connectivity index is 1.95. The van der Waals surface area contributed by atoms with Crippen molar-refractivity contribution in [3.63, 3.8) is 0 Å². The molecular weight excluding hydrogens is 304 g/mol. The molecule has 2 aromatic rings. The summed E-state index contributed by atoms with van der Waals surface area (Å²) in [6.45, 7) is 7.49. The van der Waals surface area contributed by atoms with Crippen molar-refractivity contribution in [3.05, 3.63) is 41.6 Å². The highest BCUT2D eigenvalue weighted by atomic mass is 16.5. The van der Waals surface area contributed by atoms with E-state index in [1.807, 2.05) is 56.0 Å². The monoisotopic (exact) mass is 328 g/mol. The third-order valence-corrected chi connectivity index (χ3v) is 4.21. The molecule has 5 nitrogen and oxygen atoms in total. The number of pyridine rings is 1. The molecule has 1 atom stereocenters. The van der Waals surface area contributed by atoms with E-state index >= 15 is 0 Å². The molecule has 128 valence electrons. The highest BCUT2D eigenvalue weighted by Crippen LogP contribution is 2.25. The van der Waals surface area contributed by atoms with Crippen molar-refractivity contribution in [1.82, 2.24) is 9.88 Å². The van der Waals surface area contributed by atoms with Gasteiger partial charge in [0.2, 0.25) is 0 Å². The van der Waals surface area contributed by atoms with Gasteiger partial charge in [-0.05, 0) is 32.9 Å². The molecule has 1 aromatic heterocycles. The number of hydrogen-bond donors (Lipinski definition) is 0. The summed E-state index contributed by atoms with van der Waals surface area (Å²) < 4.78 is 11.2. The van der Waals surface area contributed by atoms with Gasteiger partial charge in [-0.1, -0.05) is 18.2 Å². The first-order valence-electron chi connectivity index (χ1n) is 8.22. The average Bonchev–Trinajstić information content (AvgIpc) is 2.52. The number of carbonyl (C=O) groups is 1. The first kappa shape index (κ1) is 16.9. The minimum absolute atomic E-state index is 0.00354. The van der Waals surface area contributed by atoms with Crippen LogP contribution in [0, 0.1) is 6.92 Å². The predicted molar refractivity (Wildman–Crippen MR) is 93.2 cm³/mol. The smallest absolute Gasteiger partial charge is 0.256 e. The van der Waals surface area contributed by atoms with Crippen molar-refractivity contribution in [2.75, 3.05) is 26.8 Å². The van der Waals surface area contributed by atoms with Crippen LogP contribution in [0.1, 0.15) is 29.9 Å². The quantitative estimate of drug-likeness (QED) is 0.869. The number of aryl methyl sites for hydroxylation is 1. The number of aromatic nitrogens is 1. The lowest BCUT2D eigenvalue weighted by Gasteiger charge is -2.42. The van der Waals surface area contributed by atoms with E-state index in [1.54, 1.807) is 7.11 Å². The molecule has 24 heavy (non-hydrogen) atoms. The SMILES string of the molecule is COCC1CN(C(=O)c2cccc3ccc(C)nc23)CC(C)(C)O1. The molecule has 3 rings (SSSR count). The number of para-hydroxylation sites is 1. The maximum absolute atomic E-state index is 13.2. The van der Waals surface area contributed by atoms with Crippen molar-refractivity contribution in [1.29, 1.82) is 0 Å². The maximum Gasteiger partial charge on any atom is 0.256 e. The molecular formula is C19H24N2O3. The third-order valence-electron chi connectivity index (χ3n) is 4.21. The van der Waals surface area contributed by atoms with Crippen LogP contribution in [0.25, 0.3) is 10.9 Å². The van der Waals surface area contributed by atoms with Gasteiger partial charge in [-0.25, -0.2) is 0 Å². The fourth-order valence-corrected chi connectivity index (χ4v) is 3.31. The molecule has 5 heteroatoms. The molecule has 1 fully saturated rings. The Hall–Kier alpha value is -1.98. The molecule has 0 radical (unpaired) electrons. The van der Waals surface area contributed by atoms with Gasteiger partial charge >= 0.3 is 0 Å². The summed E-state index contributed by atoms with van der Waals surface area (Å²) in [5, 5.41) is 0.979. The summed E-state index contributed by atoms with van der Waals surface area (Å²) in [5.41, 5.74) is 1.91. The first-order chi connectivity index (χ1) is 11.4. The van der Waals surface area contributed by atoms with Crippen LogP contribution in [0.4, 0.5) is 0 Å². The maximum atomic E-state index is 13.2. The van der Waals surface area contributed by atoms with Crippen molar-refractivity contribution in [2.24, 2.45) is 0 Å². The predicted octanol–water partition coefficient (Wildman–Crippen LogP) is 2.81. The number of ether oxygens (including phenoxy) is 2. The highest BCUT2D eigenvalue weighted by molar-refractivity contribution is 6.05. The molecule has 1 amide bonds.